The normalized spacial score (nSPS) is 10.9. The molecule has 0 saturated carbocycles. The van der Waals surface area contributed by atoms with Gasteiger partial charge >= 0.3 is 0 Å². The minimum absolute atomic E-state index is 0.449. The van der Waals surface area contributed by atoms with E-state index in [1.54, 1.807) is 0 Å². The molecule has 4 heteroatoms. The zero-order valence-electron chi connectivity index (χ0n) is 13.9. The van der Waals surface area contributed by atoms with Gasteiger partial charge in [-0.2, -0.15) is 0 Å². The molecular formula is C21H20N4. The Morgan fingerprint density at radius 1 is 0.800 bits per heavy atom. The Kier molecular flexibility index (Phi) is 4.09. The number of H-pyrrole nitrogens is 1. The smallest absolute Gasteiger partial charge is 0.198 e. The van der Waals surface area contributed by atoms with Gasteiger partial charge in [0, 0.05) is 18.8 Å². The molecule has 0 bridgehead atoms. The Balaban J connectivity index is 1.69. The Hall–Kier alpha value is -3.27. The molecule has 0 fully saturated rings. The highest BCUT2D eigenvalue weighted by Gasteiger charge is 2.10. The molecule has 3 N–H and O–H groups in total. The van der Waals surface area contributed by atoms with Gasteiger partial charge in [-0.25, -0.2) is 4.98 Å². The lowest BCUT2D eigenvalue weighted by molar-refractivity contribution is 0.800. The van der Waals surface area contributed by atoms with Gasteiger partial charge < -0.3 is 15.6 Å². The van der Waals surface area contributed by atoms with E-state index in [0.29, 0.717) is 5.95 Å². The maximum atomic E-state index is 5.78. The second kappa shape index (κ2) is 6.69. The summed E-state index contributed by atoms with van der Waals surface area (Å²) in [6.45, 7) is 1.67. The first-order valence-corrected chi connectivity index (χ1v) is 8.36. The van der Waals surface area contributed by atoms with Crippen molar-refractivity contribution < 1.29 is 0 Å². The average Bonchev–Trinajstić information content (AvgIpc) is 3.02. The first kappa shape index (κ1) is 15.3. The molecule has 0 atom stereocenters. The molecule has 4 rings (SSSR count). The highest BCUT2D eigenvalue weighted by atomic mass is 15.1. The van der Waals surface area contributed by atoms with Gasteiger partial charge in [-0.15, -0.1) is 0 Å². The van der Waals surface area contributed by atoms with E-state index in [1.165, 1.54) is 11.1 Å². The molecule has 0 radical (unpaired) electrons. The van der Waals surface area contributed by atoms with Crippen molar-refractivity contribution in [2.24, 2.45) is 0 Å². The number of aromatic amines is 1. The number of anilines is 2. The molecule has 1 heterocycles. The van der Waals surface area contributed by atoms with Crippen molar-refractivity contribution in [1.29, 1.82) is 0 Å². The number of nitrogens with two attached hydrogens (primary N) is 1. The number of hydrogen-bond acceptors (Lipinski definition) is 3. The maximum Gasteiger partial charge on any atom is 0.198 e. The van der Waals surface area contributed by atoms with Gasteiger partial charge in [-0.3, -0.25) is 0 Å². The summed E-state index contributed by atoms with van der Waals surface area (Å²) in [6.07, 6.45) is 0. The van der Waals surface area contributed by atoms with E-state index in [9.17, 15) is 0 Å². The molecule has 0 aliphatic rings. The average molecular weight is 328 g/mol. The number of fused-ring (bicyclic) bond motifs is 1. The minimum atomic E-state index is 0.449. The van der Waals surface area contributed by atoms with Crippen LogP contribution in [0, 0.1) is 0 Å². The zero-order valence-corrected chi connectivity index (χ0v) is 13.9. The quantitative estimate of drug-likeness (QED) is 0.572. The van der Waals surface area contributed by atoms with E-state index in [2.05, 4.69) is 75.5 Å². The summed E-state index contributed by atoms with van der Waals surface area (Å²) >= 11 is 0. The van der Waals surface area contributed by atoms with Crippen LogP contribution in [0.3, 0.4) is 0 Å². The number of nitrogen functional groups attached to an aromatic ring is 1. The summed E-state index contributed by atoms with van der Waals surface area (Å²) in [7, 11) is 0. The first-order chi connectivity index (χ1) is 12.3. The lowest BCUT2D eigenvalue weighted by Crippen LogP contribution is -2.22. The summed E-state index contributed by atoms with van der Waals surface area (Å²) in [5.41, 5.74) is 11.3. The molecule has 0 saturated heterocycles. The number of rotatable bonds is 5. The third-order valence-corrected chi connectivity index (χ3v) is 4.28. The topological polar surface area (TPSA) is 57.9 Å². The second-order valence-electron chi connectivity index (χ2n) is 6.15. The fourth-order valence-electron chi connectivity index (χ4n) is 3.06. The number of hydrogen-bond donors (Lipinski definition) is 2. The van der Waals surface area contributed by atoms with Crippen molar-refractivity contribution >= 4 is 22.7 Å². The molecule has 0 aliphatic carbocycles. The number of nitrogens with zero attached hydrogens (tertiary/aromatic N) is 2. The van der Waals surface area contributed by atoms with Gasteiger partial charge in [0.25, 0.3) is 0 Å². The van der Waals surface area contributed by atoms with E-state index in [0.717, 1.165) is 29.8 Å². The molecule has 4 nitrogen and oxygen atoms in total. The molecule has 1 aromatic heterocycles. The van der Waals surface area contributed by atoms with Gasteiger partial charge in [0.1, 0.15) is 0 Å². The Labute approximate surface area is 146 Å². The van der Waals surface area contributed by atoms with Crippen LogP contribution in [0.4, 0.5) is 11.6 Å². The second-order valence-corrected chi connectivity index (χ2v) is 6.15. The highest BCUT2D eigenvalue weighted by Crippen LogP contribution is 2.24. The van der Waals surface area contributed by atoms with E-state index >= 15 is 0 Å². The summed E-state index contributed by atoms with van der Waals surface area (Å²) in [5.74, 6) is 0.449. The molecule has 4 aromatic rings. The number of aromatic nitrogens is 2. The van der Waals surface area contributed by atoms with Crippen molar-refractivity contribution in [1.82, 2.24) is 9.97 Å². The molecule has 25 heavy (non-hydrogen) atoms. The lowest BCUT2D eigenvalue weighted by Gasteiger charge is -2.25. The SMILES string of the molecule is Nc1nc2cc(N(Cc3ccccc3)Cc3ccccc3)ccc2[nH]1. The van der Waals surface area contributed by atoms with E-state index in [-0.39, 0.29) is 0 Å². The van der Waals surface area contributed by atoms with E-state index in [1.807, 2.05) is 18.2 Å². The first-order valence-electron chi connectivity index (χ1n) is 8.36. The standard InChI is InChI=1S/C21H20N4/c22-21-23-19-12-11-18(13-20(19)24-21)25(14-16-7-3-1-4-8-16)15-17-9-5-2-6-10-17/h1-13H,14-15H2,(H3,22,23,24). The van der Waals surface area contributed by atoms with Gasteiger partial charge in [0.2, 0.25) is 0 Å². The van der Waals surface area contributed by atoms with Gasteiger partial charge in [0.05, 0.1) is 11.0 Å². The van der Waals surface area contributed by atoms with Gasteiger partial charge in [-0.05, 0) is 29.3 Å². The largest absolute Gasteiger partial charge is 0.369 e. The third-order valence-electron chi connectivity index (χ3n) is 4.28. The Bertz CT molecular complexity index is 920. The van der Waals surface area contributed by atoms with Crippen LogP contribution < -0.4 is 10.6 Å². The zero-order chi connectivity index (χ0) is 17.1. The molecule has 0 aliphatic heterocycles. The van der Waals surface area contributed by atoms with Crippen LogP contribution in [-0.4, -0.2) is 9.97 Å². The van der Waals surface area contributed by atoms with Gasteiger partial charge in [0.15, 0.2) is 5.95 Å². The van der Waals surface area contributed by atoms with Crippen LogP contribution in [0.15, 0.2) is 78.9 Å². The van der Waals surface area contributed by atoms with Crippen molar-refractivity contribution in [2.75, 3.05) is 10.6 Å². The summed E-state index contributed by atoms with van der Waals surface area (Å²) in [5, 5.41) is 0. The van der Waals surface area contributed by atoms with E-state index in [4.69, 9.17) is 5.73 Å². The van der Waals surface area contributed by atoms with Crippen LogP contribution in [-0.2, 0) is 13.1 Å². The third kappa shape index (κ3) is 3.48. The van der Waals surface area contributed by atoms with E-state index < -0.39 is 0 Å². The molecular weight excluding hydrogens is 308 g/mol. The Morgan fingerprint density at radius 2 is 1.40 bits per heavy atom. The number of nitrogens with one attached hydrogen (secondary N) is 1. The van der Waals surface area contributed by atoms with Crippen molar-refractivity contribution in [2.45, 2.75) is 13.1 Å². The predicted molar refractivity (Wildman–Crippen MR) is 103 cm³/mol. The molecule has 0 amide bonds. The lowest BCUT2D eigenvalue weighted by atomic mass is 10.1. The molecule has 3 aromatic carbocycles. The number of benzene rings is 3. The van der Waals surface area contributed by atoms with Crippen LogP contribution in [0.1, 0.15) is 11.1 Å². The minimum Gasteiger partial charge on any atom is -0.369 e. The monoisotopic (exact) mass is 328 g/mol. The van der Waals surface area contributed by atoms with Crippen molar-refractivity contribution in [3.63, 3.8) is 0 Å². The fourth-order valence-corrected chi connectivity index (χ4v) is 3.06. The van der Waals surface area contributed by atoms with Crippen LogP contribution in [0.2, 0.25) is 0 Å². The van der Waals surface area contributed by atoms with Crippen molar-refractivity contribution in [3.05, 3.63) is 90.0 Å². The molecule has 124 valence electrons. The maximum absolute atomic E-state index is 5.78. The summed E-state index contributed by atoms with van der Waals surface area (Å²) in [6, 6.07) is 27.3. The summed E-state index contributed by atoms with van der Waals surface area (Å²) < 4.78 is 0. The van der Waals surface area contributed by atoms with Crippen molar-refractivity contribution in [3.8, 4) is 0 Å². The summed E-state index contributed by atoms with van der Waals surface area (Å²) in [4.78, 5) is 9.79. The molecule has 0 spiro atoms. The Morgan fingerprint density at radius 3 is 2.00 bits per heavy atom. The fraction of sp³-hybridized carbons (Fsp3) is 0.0952. The molecule has 0 unspecified atom stereocenters. The highest BCUT2D eigenvalue weighted by molar-refractivity contribution is 5.81. The van der Waals surface area contributed by atoms with Gasteiger partial charge in [-0.1, -0.05) is 60.7 Å². The predicted octanol–water partition coefficient (Wildman–Crippen LogP) is 4.35. The number of imidazole rings is 1. The van der Waals surface area contributed by atoms with Crippen LogP contribution >= 0.6 is 0 Å². The van der Waals surface area contributed by atoms with Crippen LogP contribution in [0.5, 0.6) is 0 Å². The van der Waals surface area contributed by atoms with Crippen LogP contribution in [0.25, 0.3) is 11.0 Å².